The Hall–Kier alpha value is -1.61. The first-order chi connectivity index (χ1) is 9.13. The molecular weight excluding hydrogens is 240 g/mol. The van der Waals surface area contributed by atoms with Crippen molar-refractivity contribution < 1.29 is 14.3 Å². The summed E-state index contributed by atoms with van der Waals surface area (Å²) >= 11 is 0. The minimum Gasteiger partial charge on any atom is -0.432 e. The van der Waals surface area contributed by atoms with Crippen LogP contribution in [0.4, 0.5) is 0 Å². The minimum absolute atomic E-state index is 0.393. The molecule has 0 saturated heterocycles. The molecule has 1 aromatic rings. The Morgan fingerprint density at radius 2 is 2.00 bits per heavy atom. The molecule has 0 radical (unpaired) electrons. The summed E-state index contributed by atoms with van der Waals surface area (Å²) in [7, 11) is 0. The molecule has 0 aliphatic heterocycles. The zero-order valence-electron chi connectivity index (χ0n) is 11.7. The van der Waals surface area contributed by atoms with E-state index in [2.05, 4.69) is 18.7 Å². The Balaban J connectivity index is 2.49. The summed E-state index contributed by atoms with van der Waals surface area (Å²) in [6, 6.07) is 10.1. The van der Waals surface area contributed by atoms with Crippen molar-refractivity contribution in [2.75, 3.05) is 6.61 Å². The molecule has 0 spiro atoms. The lowest BCUT2D eigenvalue weighted by atomic mass is 10.1. The number of carbonyl (C=O) groups is 1. The fourth-order valence-electron chi connectivity index (χ4n) is 1.57. The van der Waals surface area contributed by atoms with Gasteiger partial charge in [0.1, 0.15) is 0 Å². The zero-order valence-corrected chi connectivity index (χ0v) is 11.7. The summed E-state index contributed by atoms with van der Waals surface area (Å²) in [6.45, 7) is 7.82. The van der Waals surface area contributed by atoms with Crippen LogP contribution in [0.1, 0.15) is 32.3 Å². The van der Waals surface area contributed by atoms with Crippen LogP contribution >= 0.6 is 0 Å². The number of carbonyl (C=O) groups excluding carboxylic acids is 1. The van der Waals surface area contributed by atoms with Gasteiger partial charge in [-0.1, -0.05) is 43.8 Å². The average molecular weight is 262 g/mol. The van der Waals surface area contributed by atoms with E-state index in [1.54, 1.807) is 6.92 Å². The third kappa shape index (κ3) is 6.20. The molecule has 0 fully saturated rings. The first kappa shape index (κ1) is 15.4. The van der Waals surface area contributed by atoms with Gasteiger partial charge >= 0.3 is 5.97 Å². The molecule has 0 amide bonds. The van der Waals surface area contributed by atoms with E-state index in [4.69, 9.17) is 9.47 Å². The lowest BCUT2D eigenvalue weighted by Crippen LogP contribution is -2.23. The molecule has 19 heavy (non-hydrogen) atoms. The summed E-state index contributed by atoms with van der Waals surface area (Å²) < 4.78 is 10.8. The van der Waals surface area contributed by atoms with Gasteiger partial charge in [0, 0.05) is 12.0 Å². The van der Waals surface area contributed by atoms with Gasteiger partial charge in [-0.15, -0.1) is 0 Å². The van der Waals surface area contributed by atoms with Gasteiger partial charge in [0.05, 0.1) is 6.61 Å². The van der Waals surface area contributed by atoms with Crippen LogP contribution in [0.3, 0.4) is 0 Å². The number of rotatable bonds is 8. The highest BCUT2D eigenvalue weighted by molar-refractivity contribution is 5.87. The SMILES string of the molecule is C=C(C)C(=O)OC(CCc1ccccc1)OCCC. The fourth-order valence-corrected chi connectivity index (χ4v) is 1.57. The quantitative estimate of drug-likeness (QED) is 0.409. The number of ether oxygens (including phenoxy) is 2. The zero-order chi connectivity index (χ0) is 14.1. The van der Waals surface area contributed by atoms with Gasteiger partial charge in [-0.3, -0.25) is 0 Å². The van der Waals surface area contributed by atoms with Crippen LogP contribution in [0.25, 0.3) is 0 Å². The average Bonchev–Trinajstić information content (AvgIpc) is 2.42. The molecular formula is C16H22O3. The molecule has 3 nitrogen and oxygen atoms in total. The van der Waals surface area contributed by atoms with Gasteiger partial charge in [0.2, 0.25) is 6.29 Å². The highest BCUT2D eigenvalue weighted by Gasteiger charge is 2.15. The van der Waals surface area contributed by atoms with Crippen LogP contribution in [0.2, 0.25) is 0 Å². The van der Waals surface area contributed by atoms with Crippen molar-refractivity contribution in [2.24, 2.45) is 0 Å². The van der Waals surface area contributed by atoms with E-state index >= 15 is 0 Å². The van der Waals surface area contributed by atoms with E-state index in [1.807, 2.05) is 25.1 Å². The van der Waals surface area contributed by atoms with Gasteiger partial charge < -0.3 is 9.47 Å². The maximum Gasteiger partial charge on any atom is 0.335 e. The lowest BCUT2D eigenvalue weighted by Gasteiger charge is -2.18. The molecule has 1 atom stereocenters. The predicted molar refractivity (Wildman–Crippen MR) is 75.7 cm³/mol. The highest BCUT2D eigenvalue weighted by Crippen LogP contribution is 2.10. The number of benzene rings is 1. The van der Waals surface area contributed by atoms with Crippen LogP contribution in [-0.2, 0) is 20.7 Å². The van der Waals surface area contributed by atoms with Crippen LogP contribution in [0.5, 0.6) is 0 Å². The van der Waals surface area contributed by atoms with Crippen molar-refractivity contribution >= 4 is 5.97 Å². The summed E-state index contributed by atoms with van der Waals surface area (Å²) in [4.78, 5) is 11.5. The Kier molecular flexibility index (Phi) is 6.90. The van der Waals surface area contributed by atoms with Crippen molar-refractivity contribution in [1.29, 1.82) is 0 Å². The third-order valence-electron chi connectivity index (χ3n) is 2.61. The second-order valence-corrected chi connectivity index (χ2v) is 4.51. The summed E-state index contributed by atoms with van der Waals surface area (Å²) in [5, 5.41) is 0. The highest BCUT2D eigenvalue weighted by atomic mass is 16.7. The molecule has 0 aromatic heterocycles. The molecule has 0 saturated carbocycles. The molecule has 0 N–H and O–H groups in total. The second kappa shape index (κ2) is 8.48. The Bertz CT molecular complexity index is 398. The molecule has 104 valence electrons. The molecule has 1 rings (SSSR count). The Morgan fingerprint density at radius 3 is 2.58 bits per heavy atom. The summed E-state index contributed by atoms with van der Waals surface area (Å²) in [6.07, 6.45) is 1.87. The van der Waals surface area contributed by atoms with Crippen LogP contribution in [0, 0.1) is 0 Å². The second-order valence-electron chi connectivity index (χ2n) is 4.51. The topological polar surface area (TPSA) is 35.5 Å². The first-order valence-electron chi connectivity index (χ1n) is 6.65. The Labute approximate surface area is 115 Å². The van der Waals surface area contributed by atoms with Crippen molar-refractivity contribution in [3.63, 3.8) is 0 Å². The standard InChI is InChI=1S/C16H22O3/c1-4-12-18-15(19-16(17)13(2)3)11-10-14-8-6-5-7-9-14/h5-9,15H,2,4,10-12H2,1,3H3. The fraction of sp³-hybridized carbons (Fsp3) is 0.438. The van der Waals surface area contributed by atoms with E-state index in [9.17, 15) is 4.79 Å². The molecule has 0 aliphatic carbocycles. The van der Waals surface area contributed by atoms with Gasteiger partial charge in [0.15, 0.2) is 0 Å². The first-order valence-corrected chi connectivity index (χ1v) is 6.65. The van der Waals surface area contributed by atoms with Crippen molar-refractivity contribution in [3.05, 3.63) is 48.0 Å². The van der Waals surface area contributed by atoms with E-state index in [1.165, 1.54) is 5.56 Å². The maximum absolute atomic E-state index is 11.5. The van der Waals surface area contributed by atoms with Crippen LogP contribution < -0.4 is 0 Å². The Morgan fingerprint density at radius 1 is 1.32 bits per heavy atom. The predicted octanol–water partition coefficient (Wildman–Crippen LogP) is 3.49. The van der Waals surface area contributed by atoms with Crippen LogP contribution in [0.15, 0.2) is 42.5 Å². The number of aryl methyl sites for hydroxylation is 1. The minimum atomic E-state index is -0.496. The van der Waals surface area contributed by atoms with E-state index < -0.39 is 12.3 Å². The molecule has 0 heterocycles. The van der Waals surface area contributed by atoms with Gasteiger partial charge in [0.25, 0.3) is 0 Å². The third-order valence-corrected chi connectivity index (χ3v) is 2.61. The summed E-state index contributed by atoms with van der Waals surface area (Å²) in [5.41, 5.74) is 1.60. The number of esters is 1. The molecule has 3 heteroatoms. The van der Waals surface area contributed by atoms with Crippen molar-refractivity contribution in [1.82, 2.24) is 0 Å². The normalized spacial score (nSPS) is 11.9. The van der Waals surface area contributed by atoms with Crippen molar-refractivity contribution in [3.8, 4) is 0 Å². The molecule has 0 bridgehead atoms. The maximum atomic E-state index is 11.5. The monoisotopic (exact) mass is 262 g/mol. The van der Waals surface area contributed by atoms with E-state index in [0.29, 0.717) is 18.6 Å². The number of hydrogen-bond acceptors (Lipinski definition) is 3. The van der Waals surface area contributed by atoms with Crippen molar-refractivity contribution in [2.45, 2.75) is 39.4 Å². The summed E-state index contributed by atoms with van der Waals surface area (Å²) in [5.74, 6) is -0.394. The van der Waals surface area contributed by atoms with E-state index in [-0.39, 0.29) is 0 Å². The largest absolute Gasteiger partial charge is 0.432 e. The van der Waals surface area contributed by atoms with E-state index in [0.717, 1.165) is 12.8 Å². The lowest BCUT2D eigenvalue weighted by molar-refractivity contribution is -0.175. The molecule has 1 unspecified atom stereocenters. The van der Waals surface area contributed by atoms with Crippen LogP contribution in [-0.4, -0.2) is 18.9 Å². The van der Waals surface area contributed by atoms with Gasteiger partial charge in [-0.25, -0.2) is 4.79 Å². The number of hydrogen-bond donors (Lipinski definition) is 0. The molecule has 1 aromatic carbocycles. The van der Waals surface area contributed by atoms with Gasteiger partial charge in [-0.2, -0.15) is 0 Å². The van der Waals surface area contributed by atoms with Gasteiger partial charge in [-0.05, 0) is 25.3 Å². The smallest absolute Gasteiger partial charge is 0.335 e. The molecule has 0 aliphatic rings.